The first kappa shape index (κ1) is 23.2. The van der Waals surface area contributed by atoms with Gasteiger partial charge in [-0.3, -0.25) is 9.44 Å². The van der Waals surface area contributed by atoms with E-state index in [1.165, 1.54) is 63.8 Å². The van der Waals surface area contributed by atoms with Crippen molar-refractivity contribution in [1.29, 1.82) is 0 Å². The molecule has 0 aliphatic carbocycles. The van der Waals surface area contributed by atoms with Crippen LogP contribution in [-0.4, -0.2) is 38.2 Å². The van der Waals surface area contributed by atoms with Crippen molar-refractivity contribution in [1.82, 2.24) is 0 Å². The largest absolute Gasteiger partial charge is 0.497 e. The zero-order chi connectivity index (χ0) is 23.4. The van der Waals surface area contributed by atoms with Crippen molar-refractivity contribution in [2.45, 2.75) is 9.79 Å². The molecular formula is C21H22N2O7S2. The van der Waals surface area contributed by atoms with Gasteiger partial charge in [-0.15, -0.1) is 0 Å². The SMILES string of the molecule is COc1ccc(NS(=O)(=O)c2ccc(NS(=O)(=O)c3ccc(OC)c(OC)c3)cc2)cc1. The summed E-state index contributed by atoms with van der Waals surface area (Å²) in [6.45, 7) is 0. The van der Waals surface area contributed by atoms with E-state index in [4.69, 9.17) is 14.2 Å². The summed E-state index contributed by atoms with van der Waals surface area (Å²) in [7, 11) is -3.43. The Bertz CT molecular complexity index is 1290. The van der Waals surface area contributed by atoms with Gasteiger partial charge in [-0.1, -0.05) is 0 Å². The molecule has 0 bridgehead atoms. The maximum atomic E-state index is 12.7. The average molecular weight is 479 g/mol. The van der Waals surface area contributed by atoms with Crippen molar-refractivity contribution in [3.05, 3.63) is 66.7 Å². The first-order chi connectivity index (χ1) is 15.2. The smallest absolute Gasteiger partial charge is 0.262 e. The van der Waals surface area contributed by atoms with Gasteiger partial charge >= 0.3 is 0 Å². The van der Waals surface area contributed by atoms with Crippen LogP contribution in [0.2, 0.25) is 0 Å². The van der Waals surface area contributed by atoms with Crippen molar-refractivity contribution in [2.24, 2.45) is 0 Å². The average Bonchev–Trinajstić information content (AvgIpc) is 2.79. The molecule has 0 aliphatic heterocycles. The molecule has 0 fully saturated rings. The van der Waals surface area contributed by atoms with E-state index in [0.717, 1.165) is 0 Å². The third-order valence-electron chi connectivity index (χ3n) is 4.42. The molecule has 0 aromatic heterocycles. The molecule has 0 aliphatic rings. The van der Waals surface area contributed by atoms with Crippen molar-refractivity contribution in [3.8, 4) is 17.2 Å². The lowest BCUT2D eigenvalue weighted by Gasteiger charge is -2.12. The molecule has 2 N–H and O–H groups in total. The van der Waals surface area contributed by atoms with E-state index in [9.17, 15) is 16.8 Å². The van der Waals surface area contributed by atoms with Gasteiger partial charge in [0.2, 0.25) is 0 Å². The van der Waals surface area contributed by atoms with Crippen LogP contribution in [0, 0.1) is 0 Å². The van der Waals surface area contributed by atoms with Crippen LogP contribution in [-0.2, 0) is 20.0 Å². The number of sulfonamides is 2. The topological polar surface area (TPSA) is 120 Å². The third kappa shape index (κ3) is 5.24. The molecule has 0 heterocycles. The lowest BCUT2D eigenvalue weighted by molar-refractivity contribution is 0.354. The van der Waals surface area contributed by atoms with E-state index < -0.39 is 20.0 Å². The predicted molar refractivity (Wildman–Crippen MR) is 121 cm³/mol. The molecule has 170 valence electrons. The quantitative estimate of drug-likeness (QED) is 0.484. The number of benzene rings is 3. The fourth-order valence-electron chi connectivity index (χ4n) is 2.77. The maximum Gasteiger partial charge on any atom is 0.262 e. The fraction of sp³-hybridized carbons (Fsp3) is 0.143. The summed E-state index contributed by atoms with van der Waals surface area (Å²) in [6.07, 6.45) is 0. The lowest BCUT2D eigenvalue weighted by atomic mass is 10.3. The molecule has 3 aromatic carbocycles. The Morgan fingerprint density at radius 1 is 0.562 bits per heavy atom. The van der Waals surface area contributed by atoms with Gasteiger partial charge in [0.25, 0.3) is 20.0 Å². The minimum absolute atomic E-state index is 0.0256. The van der Waals surface area contributed by atoms with E-state index in [1.807, 2.05) is 0 Å². The number of hydrogen-bond acceptors (Lipinski definition) is 7. The predicted octanol–water partition coefficient (Wildman–Crippen LogP) is 3.31. The Labute approximate surface area is 187 Å². The Kier molecular flexibility index (Phi) is 6.80. The molecule has 3 aromatic rings. The van der Waals surface area contributed by atoms with Gasteiger partial charge < -0.3 is 14.2 Å². The highest BCUT2D eigenvalue weighted by atomic mass is 32.2. The molecule has 32 heavy (non-hydrogen) atoms. The molecular weight excluding hydrogens is 456 g/mol. The normalized spacial score (nSPS) is 11.5. The van der Waals surface area contributed by atoms with E-state index in [2.05, 4.69) is 9.44 Å². The number of methoxy groups -OCH3 is 3. The van der Waals surface area contributed by atoms with Crippen LogP contribution in [0.3, 0.4) is 0 Å². The van der Waals surface area contributed by atoms with Crippen molar-refractivity contribution in [2.75, 3.05) is 30.8 Å². The zero-order valence-corrected chi connectivity index (χ0v) is 19.2. The lowest BCUT2D eigenvalue weighted by Crippen LogP contribution is -2.14. The Morgan fingerprint density at radius 3 is 1.53 bits per heavy atom. The molecule has 0 saturated carbocycles. The van der Waals surface area contributed by atoms with E-state index in [1.54, 1.807) is 24.3 Å². The van der Waals surface area contributed by atoms with E-state index in [0.29, 0.717) is 17.2 Å². The second-order valence-electron chi connectivity index (χ2n) is 6.48. The molecule has 0 atom stereocenters. The van der Waals surface area contributed by atoms with Crippen LogP contribution in [0.4, 0.5) is 11.4 Å². The number of ether oxygens (including phenoxy) is 3. The zero-order valence-electron chi connectivity index (χ0n) is 17.5. The van der Waals surface area contributed by atoms with Gasteiger partial charge in [-0.2, -0.15) is 0 Å². The first-order valence-electron chi connectivity index (χ1n) is 9.20. The first-order valence-corrected chi connectivity index (χ1v) is 12.2. The van der Waals surface area contributed by atoms with Gasteiger partial charge in [-0.25, -0.2) is 16.8 Å². The standard InChI is InChI=1S/C21H22N2O7S2/c1-28-17-8-4-15(5-9-17)22-31(24,25)18-10-6-16(7-11-18)23-32(26,27)19-12-13-20(29-2)21(14-19)30-3/h4-14,22-23H,1-3H3. The number of rotatable bonds is 9. The highest BCUT2D eigenvalue weighted by Gasteiger charge is 2.19. The number of anilines is 2. The molecule has 0 radical (unpaired) electrons. The minimum atomic E-state index is -3.94. The summed E-state index contributed by atoms with van der Waals surface area (Å²) in [5.74, 6) is 1.26. The minimum Gasteiger partial charge on any atom is -0.497 e. The molecule has 0 spiro atoms. The highest BCUT2D eigenvalue weighted by Crippen LogP contribution is 2.30. The Hall–Kier alpha value is -3.44. The van der Waals surface area contributed by atoms with Crippen LogP contribution in [0.25, 0.3) is 0 Å². The molecule has 3 rings (SSSR count). The molecule has 0 saturated heterocycles. The van der Waals surface area contributed by atoms with Crippen LogP contribution in [0.15, 0.2) is 76.5 Å². The summed E-state index contributed by atoms with van der Waals surface area (Å²) in [6, 6.07) is 15.9. The summed E-state index contributed by atoms with van der Waals surface area (Å²) in [5.41, 5.74) is 0.562. The Morgan fingerprint density at radius 2 is 1.03 bits per heavy atom. The van der Waals surface area contributed by atoms with Crippen LogP contribution >= 0.6 is 0 Å². The number of nitrogens with one attached hydrogen (secondary N) is 2. The third-order valence-corrected chi connectivity index (χ3v) is 7.20. The van der Waals surface area contributed by atoms with E-state index >= 15 is 0 Å². The van der Waals surface area contributed by atoms with Crippen LogP contribution in [0.1, 0.15) is 0 Å². The van der Waals surface area contributed by atoms with Gasteiger partial charge in [0, 0.05) is 17.4 Å². The molecule has 11 heteroatoms. The fourth-order valence-corrected chi connectivity index (χ4v) is 4.91. The van der Waals surface area contributed by atoms with Gasteiger partial charge in [0.15, 0.2) is 11.5 Å². The van der Waals surface area contributed by atoms with Crippen LogP contribution < -0.4 is 23.7 Å². The van der Waals surface area contributed by atoms with Gasteiger partial charge in [0.1, 0.15) is 5.75 Å². The monoisotopic (exact) mass is 478 g/mol. The van der Waals surface area contributed by atoms with Crippen LogP contribution in [0.5, 0.6) is 17.2 Å². The van der Waals surface area contributed by atoms with Gasteiger partial charge in [-0.05, 0) is 60.7 Å². The summed E-state index contributed by atoms with van der Waals surface area (Å²) >= 11 is 0. The summed E-state index contributed by atoms with van der Waals surface area (Å²) in [5, 5.41) is 0. The Balaban J connectivity index is 1.77. The summed E-state index contributed by atoms with van der Waals surface area (Å²) < 4.78 is 70.8. The molecule has 9 nitrogen and oxygen atoms in total. The second kappa shape index (κ2) is 9.37. The second-order valence-corrected chi connectivity index (χ2v) is 9.85. The highest BCUT2D eigenvalue weighted by molar-refractivity contribution is 7.93. The van der Waals surface area contributed by atoms with Crippen molar-refractivity contribution < 1.29 is 31.0 Å². The van der Waals surface area contributed by atoms with E-state index in [-0.39, 0.29) is 21.2 Å². The molecule has 0 amide bonds. The van der Waals surface area contributed by atoms with Gasteiger partial charge in [0.05, 0.1) is 31.1 Å². The van der Waals surface area contributed by atoms with Crippen molar-refractivity contribution >= 4 is 31.4 Å². The number of hydrogen-bond donors (Lipinski definition) is 2. The molecule has 0 unspecified atom stereocenters. The maximum absolute atomic E-state index is 12.7. The summed E-state index contributed by atoms with van der Waals surface area (Å²) in [4.78, 5) is -0.0598. The van der Waals surface area contributed by atoms with Crippen molar-refractivity contribution in [3.63, 3.8) is 0 Å².